The van der Waals surface area contributed by atoms with Crippen molar-refractivity contribution >= 4 is 41.5 Å². The Hall–Kier alpha value is -2.33. The Kier molecular flexibility index (Phi) is 9.88. The molecule has 160 valence electrons. The summed E-state index contributed by atoms with van der Waals surface area (Å²) in [5.41, 5.74) is 2.07. The smallest absolute Gasteiger partial charge is 0.228 e. The number of benzene rings is 2. The first kappa shape index (κ1) is 23.9. The van der Waals surface area contributed by atoms with Gasteiger partial charge in [-0.3, -0.25) is 4.99 Å². The monoisotopic (exact) mass is 541 g/mol. The number of ether oxygens (including phenoxy) is 1. The van der Waals surface area contributed by atoms with Gasteiger partial charge in [-0.1, -0.05) is 34.5 Å². The molecule has 0 saturated heterocycles. The summed E-state index contributed by atoms with van der Waals surface area (Å²) in [6.07, 6.45) is 0.584. The van der Waals surface area contributed by atoms with Crippen molar-refractivity contribution in [3.8, 4) is 17.1 Å². The van der Waals surface area contributed by atoms with E-state index in [1.165, 1.54) is 5.56 Å². The summed E-state index contributed by atoms with van der Waals surface area (Å²) in [5.74, 6) is 2.65. The van der Waals surface area contributed by atoms with Gasteiger partial charge < -0.3 is 19.9 Å². The quantitative estimate of drug-likeness (QED) is 0.193. The number of aliphatic imine (C=N–C) groups is 1. The number of rotatable bonds is 8. The van der Waals surface area contributed by atoms with E-state index in [-0.39, 0.29) is 24.0 Å². The van der Waals surface area contributed by atoms with E-state index in [0.29, 0.717) is 48.8 Å². The molecule has 1 heterocycles. The van der Waals surface area contributed by atoms with E-state index in [9.17, 15) is 0 Å². The van der Waals surface area contributed by atoms with Crippen molar-refractivity contribution in [3.63, 3.8) is 0 Å². The van der Waals surface area contributed by atoms with Crippen LogP contribution in [-0.2, 0) is 6.42 Å². The van der Waals surface area contributed by atoms with Crippen LogP contribution in [0.4, 0.5) is 0 Å². The zero-order chi connectivity index (χ0) is 20.5. The summed E-state index contributed by atoms with van der Waals surface area (Å²) in [6, 6.07) is 15.3. The van der Waals surface area contributed by atoms with Gasteiger partial charge in [0.05, 0.1) is 6.54 Å². The van der Waals surface area contributed by atoms with Crippen LogP contribution in [0.2, 0.25) is 5.02 Å². The molecule has 9 heteroatoms. The first-order chi connectivity index (χ1) is 14.1. The highest BCUT2D eigenvalue weighted by Gasteiger charge is 2.08. The van der Waals surface area contributed by atoms with Gasteiger partial charge in [-0.2, -0.15) is 4.98 Å². The number of nitrogens with zero attached hydrogens (tertiary/aromatic N) is 3. The van der Waals surface area contributed by atoms with E-state index in [1.54, 1.807) is 19.2 Å². The molecule has 0 aliphatic heterocycles. The lowest BCUT2D eigenvalue weighted by Gasteiger charge is -2.12. The molecule has 7 nitrogen and oxygen atoms in total. The van der Waals surface area contributed by atoms with Gasteiger partial charge in [0.15, 0.2) is 5.96 Å². The molecule has 0 atom stereocenters. The lowest BCUT2D eigenvalue weighted by molar-refractivity contribution is 0.322. The van der Waals surface area contributed by atoms with Crippen molar-refractivity contribution < 1.29 is 9.26 Å². The molecule has 0 spiro atoms. The molecule has 0 unspecified atom stereocenters. The number of aromatic nitrogens is 2. The molecule has 0 aliphatic rings. The van der Waals surface area contributed by atoms with Crippen LogP contribution in [0.25, 0.3) is 11.4 Å². The fourth-order valence-corrected chi connectivity index (χ4v) is 2.68. The van der Waals surface area contributed by atoms with E-state index in [4.69, 9.17) is 20.9 Å². The fraction of sp³-hybridized carbons (Fsp3) is 0.286. The minimum absolute atomic E-state index is 0. The Labute approximate surface area is 198 Å². The molecule has 0 amide bonds. The zero-order valence-corrected chi connectivity index (χ0v) is 20.0. The van der Waals surface area contributed by atoms with Crippen molar-refractivity contribution in [2.45, 2.75) is 13.3 Å². The highest BCUT2D eigenvalue weighted by Crippen LogP contribution is 2.18. The summed E-state index contributed by atoms with van der Waals surface area (Å²) in [5, 5.41) is 11.1. The molecule has 2 N–H and O–H groups in total. The number of hydrogen-bond acceptors (Lipinski definition) is 5. The van der Waals surface area contributed by atoms with Crippen LogP contribution < -0.4 is 15.4 Å². The number of nitrogens with one attached hydrogen (secondary N) is 2. The average molecular weight is 542 g/mol. The molecule has 3 rings (SSSR count). The first-order valence-electron chi connectivity index (χ1n) is 9.36. The van der Waals surface area contributed by atoms with Gasteiger partial charge in [0.2, 0.25) is 11.7 Å². The third-order valence-corrected chi connectivity index (χ3v) is 4.36. The minimum Gasteiger partial charge on any atom is -0.492 e. The average Bonchev–Trinajstić information content (AvgIpc) is 3.20. The van der Waals surface area contributed by atoms with E-state index in [0.717, 1.165) is 11.3 Å². The Morgan fingerprint density at radius 3 is 2.47 bits per heavy atom. The molecule has 2 aromatic carbocycles. The van der Waals surface area contributed by atoms with Gasteiger partial charge in [-0.15, -0.1) is 24.0 Å². The Balaban J connectivity index is 0.00000320. The second-order valence-corrected chi connectivity index (χ2v) is 6.79. The second kappa shape index (κ2) is 12.4. The predicted molar refractivity (Wildman–Crippen MR) is 130 cm³/mol. The minimum atomic E-state index is 0. The number of guanidine groups is 1. The van der Waals surface area contributed by atoms with Gasteiger partial charge >= 0.3 is 0 Å². The first-order valence-corrected chi connectivity index (χ1v) is 9.74. The lowest BCUT2D eigenvalue weighted by atomic mass is 10.2. The lowest BCUT2D eigenvalue weighted by Crippen LogP contribution is -2.40. The predicted octanol–water partition coefficient (Wildman–Crippen LogP) is 4.10. The normalized spacial score (nSPS) is 11.0. The van der Waals surface area contributed by atoms with Crippen LogP contribution in [-0.4, -0.2) is 42.8 Å². The maximum Gasteiger partial charge on any atom is 0.228 e. The van der Waals surface area contributed by atoms with Gasteiger partial charge in [-0.05, 0) is 43.3 Å². The SMILES string of the molecule is CN=C(NCCOc1ccc(C)cc1)NCCc1nc(-c2ccc(Cl)cc2)no1.I. The summed E-state index contributed by atoms with van der Waals surface area (Å²) < 4.78 is 11.0. The highest BCUT2D eigenvalue weighted by atomic mass is 127. The van der Waals surface area contributed by atoms with Gasteiger partial charge in [0.25, 0.3) is 0 Å². The molecule has 3 aromatic rings. The Morgan fingerprint density at radius 2 is 1.77 bits per heavy atom. The molecule has 30 heavy (non-hydrogen) atoms. The molecule has 1 aromatic heterocycles. The summed E-state index contributed by atoms with van der Waals surface area (Å²) in [7, 11) is 1.72. The van der Waals surface area contributed by atoms with Crippen LogP contribution in [0, 0.1) is 6.92 Å². The van der Waals surface area contributed by atoms with E-state index < -0.39 is 0 Å². The van der Waals surface area contributed by atoms with Crippen molar-refractivity contribution in [1.82, 2.24) is 20.8 Å². The maximum absolute atomic E-state index is 5.90. The van der Waals surface area contributed by atoms with Gasteiger partial charge in [-0.25, -0.2) is 0 Å². The number of hydrogen-bond donors (Lipinski definition) is 2. The Bertz CT molecular complexity index is 929. The zero-order valence-electron chi connectivity index (χ0n) is 16.9. The summed E-state index contributed by atoms with van der Waals surface area (Å²) in [6.45, 7) is 3.83. The molecule has 0 radical (unpaired) electrons. The third kappa shape index (κ3) is 7.49. The van der Waals surface area contributed by atoms with Crippen molar-refractivity contribution in [2.75, 3.05) is 26.7 Å². The standard InChI is InChI=1S/C21H24ClN5O2.HI/c1-15-3-9-18(10-4-15)28-14-13-25-21(23-2)24-12-11-19-26-20(27-29-19)16-5-7-17(22)8-6-16;/h3-10H,11-14H2,1-2H3,(H2,23,24,25);1H. The molecule has 0 fully saturated rings. The molecule has 0 bridgehead atoms. The van der Waals surface area contributed by atoms with Gasteiger partial charge in [0, 0.05) is 30.6 Å². The van der Waals surface area contributed by atoms with Crippen LogP contribution in [0.3, 0.4) is 0 Å². The fourth-order valence-electron chi connectivity index (χ4n) is 2.55. The summed E-state index contributed by atoms with van der Waals surface area (Å²) in [4.78, 5) is 8.60. The van der Waals surface area contributed by atoms with Crippen molar-refractivity contribution in [3.05, 3.63) is 65.0 Å². The van der Waals surface area contributed by atoms with Crippen LogP contribution in [0.1, 0.15) is 11.5 Å². The third-order valence-electron chi connectivity index (χ3n) is 4.11. The topological polar surface area (TPSA) is 84.6 Å². The van der Waals surface area contributed by atoms with E-state index >= 15 is 0 Å². The molecular formula is C21H25ClIN5O2. The van der Waals surface area contributed by atoms with Crippen LogP contribution in [0.15, 0.2) is 58.0 Å². The van der Waals surface area contributed by atoms with Crippen LogP contribution in [0.5, 0.6) is 5.75 Å². The molecule has 0 saturated carbocycles. The molecular weight excluding hydrogens is 517 g/mol. The summed E-state index contributed by atoms with van der Waals surface area (Å²) >= 11 is 5.90. The number of halogens is 2. The second-order valence-electron chi connectivity index (χ2n) is 6.36. The van der Waals surface area contributed by atoms with Crippen molar-refractivity contribution in [1.29, 1.82) is 0 Å². The highest BCUT2D eigenvalue weighted by molar-refractivity contribution is 14.0. The van der Waals surface area contributed by atoms with E-state index in [2.05, 4.69) is 25.8 Å². The number of aryl methyl sites for hydroxylation is 1. The Morgan fingerprint density at radius 1 is 1.07 bits per heavy atom. The van der Waals surface area contributed by atoms with Gasteiger partial charge in [0.1, 0.15) is 12.4 Å². The molecule has 0 aliphatic carbocycles. The van der Waals surface area contributed by atoms with Crippen molar-refractivity contribution in [2.24, 2.45) is 4.99 Å². The van der Waals surface area contributed by atoms with E-state index in [1.807, 2.05) is 43.3 Å². The maximum atomic E-state index is 5.90. The van der Waals surface area contributed by atoms with Crippen LogP contribution >= 0.6 is 35.6 Å². The largest absolute Gasteiger partial charge is 0.492 e.